The van der Waals surface area contributed by atoms with Crippen LogP contribution in [-0.2, 0) is 6.42 Å². The maximum atomic E-state index is 5.70. The molecular weight excluding hydrogens is 504 g/mol. The Balaban J connectivity index is 1.41. The maximum Gasteiger partial charge on any atom is 0.187 e. The first-order chi connectivity index (χ1) is 18.5. The van der Waals surface area contributed by atoms with Crippen LogP contribution in [-0.4, -0.2) is 41.7 Å². The molecule has 0 saturated heterocycles. The number of fused-ring (bicyclic) bond motifs is 1. The molecule has 0 unspecified atom stereocenters. The zero-order valence-electron chi connectivity index (χ0n) is 21.7. The fourth-order valence-corrected chi connectivity index (χ4v) is 4.75. The first kappa shape index (κ1) is 25.3. The van der Waals surface area contributed by atoms with Crippen LogP contribution in [0.25, 0.3) is 22.2 Å². The summed E-state index contributed by atoms with van der Waals surface area (Å²) in [6.07, 6.45) is 2.70. The van der Waals surface area contributed by atoms with Gasteiger partial charge < -0.3 is 28.8 Å². The molecule has 0 fully saturated rings. The lowest BCUT2D eigenvalue weighted by Crippen LogP contribution is -1.97. The average Bonchev–Trinajstić information content (AvgIpc) is 3.57. The number of methoxy groups -OCH3 is 3. The molecule has 0 aliphatic rings. The van der Waals surface area contributed by atoms with Crippen molar-refractivity contribution < 1.29 is 18.7 Å². The Labute approximate surface area is 224 Å². The smallest absolute Gasteiger partial charge is 0.187 e. The van der Waals surface area contributed by atoms with Crippen molar-refractivity contribution in [2.24, 2.45) is 0 Å². The first-order valence-electron chi connectivity index (χ1n) is 11.9. The van der Waals surface area contributed by atoms with E-state index in [9.17, 15) is 0 Å². The van der Waals surface area contributed by atoms with E-state index >= 15 is 0 Å². The summed E-state index contributed by atoms with van der Waals surface area (Å²) in [5.41, 5.74) is 5.15. The number of H-pyrrole nitrogens is 1. The van der Waals surface area contributed by atoms with Gasteiger partial charge in [-0.05, 0) is 55.1 Å². The van der Waals surface area contributed by atoms with Gasteiger partial charge in [-0.2, -0.15) is 5.10 Å². The highest BCUT2D eigenvalue weighted by atomic mass is 32.2. The Hall–Kier alpha value is -4.38. The summed E-state index contributed by atoms with van der Waals surface area (Å²) in [7, 11) is 4.86. The summed E-state index contributed by atoms with van der Waals surface area (Å²) in [6, 6.07) is 13.5. The fourth-order valence-electron chi connectivity index (χ4n) is 3.92. The van der Waals surface area contributed by atoms with Gasteiger partial charge in [0.25, 0.3) is 0 Å². The Morgan fingerprint density at radius 1 is 0.974 bits per heavy atom. The van der Waals surface area contributed by atoms with Crippen molar-refractivity contribution in [3.8, 4) is 28.5 Å². The van der Waals surface area contributed by atoms with Crippen molar-refractivity contribution >= 4 is 40.2 Å². The maximum absolute atomic E-state index is 5.70. The van der Waals surface area contributed by atoms with E-state index in [0.29, 0.717) is 40.2 Å². The van der Waals surface area contributed by atoms with Crippen LogP contribution in [0.2, 0.25) is 0 Å². The highest BCUT2D eigenvalue weighted by molar-refractivity contribution is 8.00. The van der Waals surface area contributed by atoms with Gasteiger partial charge >= 0.3 is 0 Å². The lowest BCUT2D eigenvalue weighted by atomic mass is 10.1. The van der Waals surface area contributed by atoms with E-state index in [-0.39, 0.29) is 0 Å². The van der Waals surface area contributed by atoms with Crippen molar-refractivity contribution in [3.05, 3.63) is 59.9 Å². The Bertz CT molecular complexity index is 1540. The van der Waals surface area contributed by atoms with Gasteiger partial charge in [-0.15, -0.1) is 0 Å². The van der Waals surface area contributed by atoms with Crippen molar-refractivity contribution in [1.29, 1.82) is 0 Å². The van der Waals surface area contributed by atoms with Crippen LogP contribution in [0.5, 0.6) is 17.2 Å². The van der Waals surface area contributed by atoms with Gasteiger partial charge in [0.15, 0.2) is 17.2 Å². The number of ether oxygens (including phenoxy) is 3. The molecule has 0 atom stereocenters. The summed E-state index contributed by atoms with van der Waals surface area (Å²) in [4.78, 5) is 5.29. The van der Waals surface area contributed by atoms with E-state index in [4.69, 9.17) is 18.7 Å². The predicted molar refractivity (Wildman–Crippen MR) is 149 cm³/mol. The second kappa shape index (κ2) is 10.9. The number of nitrogens with zero attached hydrogens (tertiary/aromatic N) is 3. The van der Waals surface area contributed by atoms with E-state index in [1.54, 1.807) is 21.3 Å². The van der Waals surface area contributed by atoms with Crippen LogP contribution in [0.1, 0.15) is 18.2 Å². The molecule has 10 nitrogen and oxygen atoms in total. The standard InChI is InChI=1S/C27H28N6O4S/c1-6-17-11-25(31-30-17)29-20-13-21-18(12-22(20)34-3)27(32-37-21)33-38-26-23(35-4)9-16(10-24(26)36-5)19-8-7-15(2)14-28-19/h7-14H,6H2,1-5H3,(H,32,33)(H2,29,30,31). The number of hydrogen-bond acceptors (Lipinski definition) is 10. The second-order valence-corrected chi connectivity index (χ2v) is 9.29. The highest BCUT2D eigenvalue weighted by Crippen LogP contribution is 2.43. The van der Waals surface area contributed by atoms with Crippen LogP contribution in [0, 0.1) is 6.92 Å². The van der Waals surface area contributed by atoms with Crippen LogP contribution < -0.4 is 24.2 Å². The zero-order chi connectivity index (χ0) is 26.6. The van der Waals surface area contributed by atoms with E-state index in [2.05, 4.69) is 37.3 Å². The summed E-state index contributed by atoms with van der Waals surface area (Å²) in [6.45, 7) is 4.07. The number of aromatic amines is 1. The summed E-state index contributed by atoms with van der Waals surface area (Å²) in [5, 5.41) is 15.5. The van der Waals surface area contributed by atoms with Crippen molar-refractivity contribution in [2.75, 3.05) is 31.4 Å². The molecule has 0 radical (unpaired) electrons. The van der Waals surface area contributed by atoms with Gasteiger partial charge in [0.1, 0.15) is 22.1 Å². The van der Waals surface area contributed by atoms with Gasteiger partial charge in [0.2, 0.25) is 0 Å². The third-order valence-corrected chi connectivity index (χ3v) is 6.89. The first-order valence-corrected chi connectivity index (χ1v) is 12.7. The number of pyridine rings is 1. The molecule has 0 amide bonds. The number of anilines is 3. The summed E-state index contributed by atoms with van der Waals surface area (Å²) >= 11 is 1.31. The van der Waals surface area contributed by atoms with Crippen LogP contribution in [0.3, 0.4) is 0 Å². The normalized spacial score (nSPS) is 11.0. The van der Waals surface area contributed by atoms with Crippen molar-refractivity contribution in [3.63, 3.8) is 0 Å². The van der Waals surface area contributed by atoms with Crippen molar-refractivity contribution in [1.82, 2.24) is 20.3 Å². The minimum atomic E-state index is 0.538. The van der Waals surface area contributed by atoms with Crippen LogP contribution in [0.15, 0.2) is 58.1 Å². The fraction of sp³-hybridized carbons (Fsp3) is 0.222. The topological polar surface area (TPSA) is 119 Å². The predicted octanol–water partition coefficient (Wildman–Crippen LogP) is 6.37. The van der Waals surface area contributed by atoms with E-state index in [0.717, 1.165) is 39.2 Å². The molecule has 0 saturated carbocycles. The summed E-state index contributed by atoms with van der Waals surface area (Å²) in [5.74, 6) is 3.13. The Kier molecular flexibility index (Phi) is 7.27. The molecule has 5 aromatic rings. The lowest BCUT2D eigenvalue weighted by Gasteiger charge is -2.15. The number of nitrogens with one attached hydrogen (secondary N) is 3. The molecule has 3 heterocycles. The molecule has 38 heavy (non-hydrogen) atoms. The number of benzene rings is 2. The number of aromatic nitrogens is 4. The molecule has 0 aliphatic carbocycles. The van der Waals surface area contributed by atoms with Crippen LogP contribution >= 0.6 is 11.9 Å². The van der Waals surface area contributed by atoms with E-state index in [1.165, 1.54) is 11.9 Å². The monoisotopic (exact) mass is 532 g/mol. The third-order valence-electron chi connectivity index (χ3n) is 5.98. The molecule has 0 bridgehead atoms. The average molecular weight is 533 g/mol. The van der Waals surface area contributed by atoms with Gasteiger partial charge in [0, 0.05) is 29.6 Å². The number of rotatable bonds is 10. The zero-order valence-corrected chi connectivity index (χ0v) is 22.5. The molecule has 2 aromatic carbocycles. The van der Waals surface area contributed by atoms with E-state index in [1.807, 2.05) is 55.6 Å². The number of hydrogen-bond donors (Lipinski definition) is 3. The Morgan fingerprint density at radius 2 is 1.74 bits per heavy atom. The second-order valence-electron chi connectivity index (χ2n) is 8.47. The lowest BCUT2D eigenvalue weighted by molar-refractivity contribution is 0.377. The van der Waals surface area contributed by atoms with Crippen LogP contribution in [0.4, 0.5) is 17.3 Å². The van der Waals surface area contributed by atoms with Crippen molar-refractivity contribution in [2.45, 2.75) is 25.2 Å². The molecule has 3 aromatic heterocycles. The molecule has 3 N–H and O–H groups in total. The molecule has 196 valence electrons. The molecule has 11 heteroatoms. The van der Waals surface area contributed by atoms with E-state index < -0.39 is 0 Å². The Morgan fingerprint density at radius 3 is 2.37 bits per heavy atom. The highest BCUT2D eigenvalue weighted by Gasteiger charge is 2.19. The minimum Gasteiger partial charge on any atom is -0.495 e. The SMILES string of the molecule is CCc1cc(Nc2cc3onc(NSc4c(OC)cc(-c5ccc(C)cn5)cc4OC)c3cc2OC)n[nH]1. The minimum absolute atomic E-state index is 0.538. The van der Waals surface area contributed by atoms with Gasteiger partial charge in [0.05, 0.1) is 38.1 Å². The molecule has 0 spiro atoms. The number of aryl methyl sites for hydroxylation is 2. The van der Waals surface area contributed by atoms with Gasteiger partial charge in [-0.25, -0.2) is 0 Å². The van der Waals surface area contributed by atoms with Gasteiger partial charge in [-0.3, -0.25) is 10.1 Å². The molecule has 0 aliphatic heterocycles. The largest absolute Gasteiger partial charge is 0.495 e. The molecule has 5 rings (SSSR count). The quantitative estimate of drug-likeness (QED) is 0.175. The van der Waals surface area contributed by atoms with Gasteiger partial charge in [-0.1, -0.05) is 18.1 Å². The third kappa shape index (κ3) is 5.05. The molecular formula is C27H28N6O4S. The summed E-state index contributed by atoms with van der Waals surface area (Å²) < 4.78 is 25.9.